The van der Waals surface area contributed by atoms with Crippen molar-refractivity contribution in [3.63, 3.8) is 0 Å². The van der Waals surface area contributed by atoms with Gasteiger partial charge in [0.2, 0.25) is 0 Å². The molecular weight excluding hydrogens is 432 g/mol. The molecule has 0 amide bonds. The molecule has 8 nitrogen and oxygen atoms in total. The quantitative estimate of drug-likeness (QED) is 0.595. The van der Waals surface area contributed by atoms with Crippen molar-refractivity contribution in [2.24, 2.45) is 5.92 Å². The highest BCUT2D eigenvalue weighted by Gasteiger charge is 2.27. The maximum absolute atomic E-state index is 11.1. The number of rotatable bonds is 5. The van der Waals surface area contributed by atoms with Crippen LogP contribution in [0.15, 0.2) is 30.3 Å². The third-order valence-corrected chi connectivity index (χ3v) is 6.51. The predicted octanol–water partition coefficient (Wildman–Crippen LogP) is 4.14. The van der Waals surface area contributed by atoms with Crippen LogP contribution in [-0.2, 0) is 9.53 Å². The number of H-pyrrole nitrogens is 1. The Bertz CT molecular complexity index is 1100. The number of halogens is 1. The van der Waals surface area contributed by atoms with Gasteiger partial charge in [-0.25, -0.2) is 4.98 Å². The fourth-order valence-corrected chi connectivity index (χ4v) is 4.65. The Morgan fingerprint density at radius 1 is 1.12 bits per heavy atom. The first-order valence-corrected chi connectivity index (χ1v) is 11.3. The number of anilines is 1. The minimum Gasteiger partial charge on any atom is -0.481 e. The van der Waals surface area contributed by atoms with Crippen LogP contribution >= 0.6 is 11.6 Å². The lowest BCUT2D eigenvalue weighted by Gasteiger charge is -2.28. The molecule has 1 saturated carbocycles. The van der Waals surface area contributed by atoms with Gasteiger partial charge in [0.15, 0.2) is 5.65 Å². The van der Waals surface area contributed by atoms with Gasteiger partial charge in [-0.2, -0.15) is 4.98 Å². The molecule has 1 aliphatic carbocycles. The molecule has 0 unspecified atom stereocenters. The third kappa shape index (κ3) is 4.38. The lowest BCUT2D eigenvalue weighted by atomic mass is 9.87. The summed E-state index contributed by atoms with van der Waals surface area (Å²) in [7, 11) is 0. The van der Waals surface area contributed by atoms with E-state index in [2.05, 4.69) is 32.0 Å². The van der Waals surface area contributed by atoms with E-state index in [1.807, 2.05) is 18.2 Å². The van der Waals surface area contributed by atoms with Gasteiger partial charge in [-0.05, 0) is 43.9 Å². The average Bonchev–Trinajstić information content (AvgIpc) is 3.20. The van der Waals surface area contributed by atoms with Crippen LogP contribution in [-0.4, -0.2) is 58.4 Å². The number of imidazole rings is 1. The van der Waals surface area contributed by atoms with Gasteiger partial charge in [0, 0.05) is 24.3 Å². The summed E-state index contributed by atoms with van der Waals surface area (Å²) in [4.78, 5) is 25.7. The summed E-state index contributed by atoms with van der Waals surface area (Å²) >= 11 is 6.54. The van der Waals surface area contributed by atoms with Crippen LogP contribution in [0, 0.1) is 5.92 Å². The van der Waals surface area contributed by atoms with Crippen LogP contribution < -0.4 is 9.64 Å². The second kappa shape index (κ2) is 8.96. The summed E-state index contributed by atoms with van der Waals surface area (Å²) in [5.41, 5.74) is 4.00. The van der Waals surface area contributed by atoms with Crippen molar-refractivity contribution in [2.45, 2.75) is 31.8 Å². The van der Waals surface area contributed by atoms with E-state index < -0.39 is 5.97 Å². The number of nitrogens with one attached hydrogen (secondary N) is 1. The molecule has 0 radical (unpaired) electrons. The van der Waals surface area contributed by atoms with Gasteiger partial charge in [-0.3, -0.25) is 4.79 Å². The van der Waals surface area contributed by atoms with Crippen molar-refractivity contribution < 1.29 is 19.4 Å². The molecule has 3 aromatic rings. The topological polar surface area (TPSA) is 101 Å². The van der Waals surface area contributed by atoms with Crippen LogP contribution in [0.3, 0.4) is 0 Å². The molecule has 2 N–H and O–H groups in total. The molecule has 2 aliphatic rings. The zero-order chi connectivity index (χ0) is 22.1. The smallest absolute Gasteiger partial charge is 0.306 e. The second-order valence-corrected chi connectivity index (χ2v) is 8.72. The van der Waals surface area contributed by atoms with Gasteiger partial charge in [0.1, 0.15) is 6.10 Å². The number of aromatic nitrogens is 3. The standard InChI is InChI=1S/C23H25ClN4O4/c24-18-13-19-21(27-23(25-19)32-17-7-3-15(4-8-17)22(29)30)26-20(18)14-1-5-16(6-2-14)28-9-11-31-12-10-28/h1-2,5-6,13,15,17H,3-4,7-12H2,(H,29,30)(H,25,26,27). The van der Waals surface area contributed by atoms with Gasteiger partial charge >= 0.3 is 5.97 Å². The van der Waals surface area contributed by atoms with Crippen molar-refractivity contribution in [1.82, 2.24) is 15.0 Å². The molecule has 0 atom stereocenters. The van der Waals surface area contributed by atoms with E-state index in [9.17, 15) is 4.79 Å². The lowest BCUT2D eigenvalue weighted by molar-refractivity contribution is -0.143. The number of fused-ring (bicyclic) bond motifs is 1. The van der Waals surface area contributed by atoms with Crippen molar-refractivity contribution in [2.75, 3.05) is 31.2 Å². The number of aromatic amines is 1. The number of pyridine rings is 1. The minimum absolute atomic E-state index is 0.0474. The van der Waals surface area contributed by atoms with Crippen LogP contribution in [0.1, 0.15) is 25.7 Å². The molecule has 5 rings (SSSR count). The van der Waals surface area contributed by atoms with Gasteiger partial charge in [-0.1, -0.05) is 23.7 Å². The molecule has 0 bridgehead atoms. The minimum atomic E-state index is -0.725. The summed E-state index contributed by atoms with van der Waals surface area (Å²) in [5, 5.41) is 9.69. The normalized spacial score (nSPS) is 21.6. The first-order chi connectivity index (χ1) is 15.6. The third-order valence-electron chi connectivity index (χ3n) is 6.22. The van der Waals surface area contributed by atoms with Crippen LogP contribution in [0.5, 0.6) is 6.01 Å². The Morgan fingerprint density at radius 3 is 2.53 bits per heavy atom. The highest BCUT2D eigenvalue weighted by atomic mass is 35.5. The number of hydrogen-bond acceptors (Lipinski definition) is 6. The number of ether oxygens (including phenoxy) is 2. The van der Waals surface area contributed by atoms with E-state index in [1.165, 1.54) is 0 Å². The highest BCUT2D eigenvalue weighted by Crippen LogP contribution is 2.32. The number of nitrogens with zero attached hydrogens (tertiary/aromatic N) is 3. The van der Waals surface area contributed by atoms with Crippen molar-refractivity contribution >= 4 is 34.4 Å². The Labute approximate surface area is 190 Å². The second-order valence-electron chi connectivity index (χ2n) is 8.31. The number of carbonyl (C=O) groups is 1. The number of carboxylic acid groups (broad SMARTS) is 1. The molecule has 1 aliphatic heterocycles. The fourth-order valence-electron chi connectivity index (χ4n) is 4.39. The Balaban J connectivity index is 1.32. The van der Waals surface area contributed by atoms with E-state index in [4.69, 9.17) is 26.2 Å². The van der Waals surface area contributed by atoms with Crippen LogP contribution in [0.25, 0.3) is 22.4 Å². The Kier molecular flexibility index (Phi) is 5.89. The summed E-state index contributed by atoms with van der Waals surface area (Å²) in [5.74, 6) is -1.00. The number of hydrogen-bond donors (Lipinski definition) is 2. The van der Waals surface area contributed by atoms with Gasteiger partial charge in [0.05, 0.1) is 35.4 Å². The van der Waals surface area contributed by atoms with E-state index in [-0.39, 0.29) is 12.0 Å². The van der Waals surface area contributed by atoms with E-state index in [1.54, 1.807) is 0 Å². The molecule has 0 spiro atoms. The largest absolute Gasteiger partial charge is 0.481 e. The van der Waals surface area contributed by atoms with Crippen LogP contribution in [0.4, 0.5) is 5.69 Å². The van der Waals surface area contributed by atoms with Crippen LogP contribution in [0.2, 0.25) is 5.02 Å². The summed E-state index contributed by atoms with van der Waals surface area (Å²) in [6.07, 6.45) is 2.59. The van der Waals surface area contributed by atoms with Crippen molar-refractivity contribution in [3.05, 3.63) is 35.4 Å². The summed E-state index contributed by atoms with van der Waals surface area (Å²) < 4.78 is 11.4. The average molecular weight is 457 g/mol. The van der Waals surface area contributed by atoms with Gasteiger partial charge in [-0.15, -0.1) is 0 Å². The molecule has 2 aromatic heterocycles. The molecule has 1 aromatic carbocycles. The number of morpholine rings is 1. The van der Waals surface area contributed by atoms with E-state index in [0.29, 0.717) is 53.6 Å². The zero-order valence-electron chi connectivity index (χ0n) is 17.6. The van der Waals surface area contributed by atoms with Gasteiger partial charge in [0.25, 0.3) is 6.01 Å². The molecule has 9 heteroatoms. The zero-order valence-corrected chi connectivity index (χ0v) is 18.3. The van der Waals surface area contributed by atoms with Crippen molar-refractivity contribution in [1.29, 1.82) is 0 Å². The fraction of sp³-hybridized carbons (Fsp3) is 0.435. The number of carboxylic acids is 1. The first kappa shape index (κ1) is 21.0. The van der Waals surface area contributed by atoms with E-state index >= 15 is 0 Å². The summed E-state index contributed by atoms with van der Waals surface area (Å²) in [6.45, 7) is 3.27. The Morgan fingerprint density at radius 2 is 1.84 bits per heavy atom. The summed E-state index contributed by atoms with van der Waals surface area (Å²) in [6, 6.07) is 10.4. The maximum atomic E-state index is 11.1. The number of aliphatic carboxylic acids is 1. The molecule has 32 heavy (non-hydrogen) atoms. The molecule has 1 saturated heterocycles. The maximum Gasteiger partial charge on any atom is 0.306 e. The SMILES string of the molecule is O=C(O)C1CCC(Oc2nc3nc(-c4ccc(N5CCOCC5)cc4)c(Cl)cc3[nH]2)CC1. The monoisotopic (exact) mass is 456 g/mol. The van der Waals surface area contributed by atoms with E-state index in [0.717, 1.165) is 37.6 Å². The van der Waals surface area contributed by atoms with Crippen molar-refractivity contribution in [3.8, 4) is 17.3 Å². The molecule has 2 fully saturated rings. The molecule has 168 valence electrons. The molecular formula is C23H25ClN4O4. The molecule has 3 heterocycles. The lowest BCUT2D eigenvalue weighted by Crippen LogP contribution is -2.36. The van der Waals surface area contributed by atoms with Gasteiger partial charge < -0.3 is 24.5 Å². The first-order valence-electron chi connectivity index (χ1n) is 11.0. The predicted molar refractivity (Wildman–Crippen MR) is 121 cm³/mol. The highest BCUT2D eigenvalue weighted by molar-refractivity contribution is 6.33. The number of benzene rings is 1. The Hall–Kier alpha value is -2.84.